The van der Waals surface area contributed by atoms with Gasteiger partial charge in [-0.3, -0.25) is 14.9 Å². The predicted octanol–water partition coefficient (Wildman–Crippen LogP) is 3.43. The van der Waals surface area contributed by atoms with Crippen molar-refractivity contribution in [2.45, 2.75) is 6.61 Å². The number of furan rings is 1. The molecule has 0 saturated heterocycles. The molecule has 0 atom stereocenters. The number of nitrogens with zero attached hydrogens (tertiary/aromatic N) is 2. The Labute approximate surface area is 174 Å². The topological polar surface area (TPSA) is 159 Å². The van der Waals surface area contributed by atoms with E-state index in [0.717, 1.165) is 0 Å². The van der Waals surface area contributed by atoms with E-state index < -0.39 is 27.7 Å². The second kappa shape index (κ2) is 8.89. The van der Waals surface area contributed by atoms with Crippen LogP contribution in [-0.2, 0) is 11.3 Å². The number of nitriles is 1. The molecule has 156 valence electrons. The summed E-state index contributed by atoms with van der Waals surface area (Å²) in [5, 5.41) is 30.1. The molecule has 10 nitrogen and oxygen atoms in total. The third-order valence-corrected chi connectivity index (χ3v) is 4.37. The Kier molecular flexibility index (Phi) is 6.09. The number of aromatic carboxylic acids is 1. The predicted molar refractivity (Wildman–Crippen MR) is 109 cm³/mol. The van der Waals surface area contributed by atoms with Gasteiger partial charge in [0.1, 0.15) is 28.8 Å². The Balaban J connectivity index is 2.04. The van der Waals surface area contributed by atoms with Crippen LogP contribution in [0.2, 0.25) is 0 Å². The smallest absolute Gasteiger partial charge is 0.336 e. The Morgan fingerprint density at radius 2 is 2.06 bits per heavy atom. The van der Waals surface area contributed by atoms with Crippen LogP contribution < -0.4 is 5.56 Å². The molecule has 1 aromatic carbocycles. The fourth-order valence-electron chi connectivity index (χ4n) is 3.03. The number of hydrogen-bond acceptors (Lipinski definition) is 7. The van der Waals surface area contributed by atoms with Crippen LogP contribution in [0.3, 0.4) is 0 Å². The fraction of sp³-hybridized carbons (Fsp3) is 0.0952. The lowest BCUT2D eigenvalue weighted by molar-refractivity contribution is -0.386. The first-order valence-corrected chi connectivity index (χ1v) is 8.80. The molecule has 31 heavy (non-hydrogen) atoms. The minimum Gasteiger partial charge on any atom is -0.478 e. The maximum Gasteiger partial charge on any atom is 0.336 e. The molecule has 10 heteroatoms. The summed E-state index contributed by atoms with van der Waals surface area (Å²) in [5.74, 6) is -0.552. The van der Waals surface area contributed by atoms with Crippen LogP contribution in [0.15, 0.2) is 45.6 Å². The van der Waals surface area contributed by atoms with Crippen molar-refractivity contribution in [3.63, 3.8) is 0 Å². The monoisotopic (exact) mass is 421 g/mol. The third kappa shape index (κ3) is 4.26. The van der Waals surface area contributed by atoms with Crippen molar-refractivity contribution in [3.05, 3.63) is 85.0 Å². The number of methoxy groups -OCH3 is 1. The summed E-state index contributed by atoms with van der Waals surface area (Å²) in [7, 11) is 1.29. The van der Waals surface area contributed by atoms with Crippen molar-refractivity contribution in [2.75, 3.05) is 7.11 Å². The highest BCUT2D eigenvalue weighted by Gasteiger charge is 2.25. The van der Waals surface area contributed by atoms with E-state index in [1.54, 1.807) is 36.4 Å². The number of nitrogens with one attached hydrogen (secondary N) is 1. The number of carboxylic acids is 1. The highest BCUT2D eigenvalue weighted by Crippen LogP contribution is 2.28. The van der Waals surface area contributed by atoms with Crippen molar-refractivity contribution < 1.29 is 24.0 Å². The number of ether oxygens (including phenoxy) is 1. The zero-order valence-electron chi connectivity index (χ0n) is 16.1. The van der Waals surface area contributed by atoms with Crippen molar-refractivity contribution in [1.29, 1.82) is 5.26 Å². The zero-order chi connectivity index (χ0) is 22.5. The number of carboxylic acid groups (broad SMARTS) is 1. The van der Waals surface area contributed by atoms with Crippen LogP contribution in [0.4, 0.5) is 5.69 Å². The number of rotatable bonds is 7. The summed E-state index contributed by atoms with van der Waals surface area (Å²) >= 11 is 0. The standard InChI is InChI=1S/C21H15N3O7/c1-30-11-16-15(10-22)20(25)23-17(19(16)24(28)29)8-6-12-7-9-18(31-12)13-4-2-3-5-14(13)21(26)27/h2-9H,11H2,1H3,(H,23,25)(H,26,27)/b8-6+. The number of nitro groups is 1. The van der Waals surface area contributed by atoms with Gasteiger partial charge in [0.25, 0.3) is 11.2 Å². The highest BCUT2D eigenvalue weighted by atomic mass is 16.6. The van der Waals surface area contributed by atoms with E-state index in [9.17, 15) is 30.1 Å². The van der Waals surface area contributed by atoms with Crippen LogP contribution in [-0.4, -0.2) is 28.1 Å². The quantitative estimate of drug-likeness (QED) is 0.433. The average molecular weight is 421 g/mol. The Hall–Kier alpha value is -4.49. The van der Waals surface area contributed by atoms with Gasteiger partial charge in [0.2, 0.25) is 0 Å². The molecule has 0 fully saturated rings. The molecule has 0 spiro atoms. The van der Waals surface area contributed by atoms with Gasteiger partial charge in [0.05, 0.1) is 22.7 Å². The van der Waals surface area contributed by atoms with Gasteiger partial charge in [-0.15, -0.1) is 0 Å². The number of aromatic nitrogens is 1. The first-order valence-electron chi connectivity index (χ1n) is 8.80. The van der Waals surface area contributed by atoms with E-state index in [0.29, 0.717) is 11.3 Å². The Morgan fingerprint density at radius 1 is 1.32 bits per heavy atom. The molecule has 2 N–H and O–H groups in total. The molecule has 0 saturated carbocycles. The van der Waals surface area contributed by atoms with Crippen molar-refractivity contribution in [3.8, 4) is 17.4 Å². The summed E-state index contributed by atoms with van der Waals surface area (Å²) in [6.45, 7) is -0.291. The number of aromatic amines is 1. The van der Waals surface area contributed by atoms with Crippen LogP contribution in [0, 0.1) is 21.4 Å². The minimum absolute atomic E-state index is 0.0589. The van der Waals surface area contributed by atoms with Gasteiger partial charge in [-0.05, 0) is 30.4 Å². The number of carbonyl (C=O) groups is 1. The SMILES string of the molecule is COCc1c([N+](=O)[O-])c(/C=C/c2ccc(-c3ccccc3C(=O)O)o2)[nH]c(=O)c1C#N. The van der Waals surface area contributed by atoms with Gasteiger partial charge in [0.15, 0.2) is 0 Å². The summed E-state index contributed by atoms with van der Waals surface area (Å²) in [4.78, 5) is 36.8. The van der Waals surface area contributed by atoms with E-state index in [1.165, 1.54) is 25.3 Å². The largest absolute Gasteiger partial charge is 0.478 e. The summed E-state index contributed by atoms with van der Waals surface area (Å²) < 4.78 is 10.6. The third-order valence-electron chi connectivity index (χ3n) is 4.37. The lowest BCUT2D eigenvalue weighted by Crippen LogP contribution is -2.18. The minimum atomic E-state index is -1.11. The average Bonchev–Trinajstić information content (AvgIpc) is 3.21. The molecule has 0 radical (unpaired) electrons. The summed E-state index contributed by atoms with van der Waals surface area (Å²) in [5.41, 5.74) is -1.47. The first-order chi connectivity index (χ1) is 14.9. The number of hydrogen-bond donors (Lipinski definition) is 2. The molecule has 0 unspecified atom stereocenters. The first kappa shape index (κ1) is 21.2. The van der Waals surface area contributed by atoms with Crippen LogP contribution >= 0.6 is 0 Å². The van der Waals surface area contributed by atoms with E-state index in [4.69, 9.17) is 9.15 Å². The highest BCUT2D eigenvalue weighted by molar-refractivity contribution is 5.95. The number of H-pyrrole nitrogens is 1. The molecule has 2 aromatic heterocycles. The molecular weight excluding hydrogens is 406 g/mol. The molecule has 2 heterocycles. The Bertz CT molecular complexity index is 1300. The number of pyridine rings is 1. The van der Waals surface area contributed by atoms with E-state index >= 15 is 0 Å². The summed E-state index contributed by atoms with van der Waals surface area (Å²) in [6, 6.07) is 11.1. The van der Waals surface area contributed by atoms with Crippen molar-refractivity contribution in [1.82, 2.24) is 4.98 Å². The van der Waals surface area contributed by atoms with Gasteiger partial charge >= 0.3 is 5.97 Å². The Morgan fingerprint density at radius 3 is 2.71 bits per heavy atom. The normalized spacial score (nSPS) is 10.8. The molecule has 0 aliphatic rings. The van der Waals surface area contributed by atoms with E-state index in [-0.39, 0.29) is 29.2 Å². The summed E-state index contributed by atoms with van der Waals surface area (Å²) in [6.07, 6.45) is 2.65. The molecule has 0 aliphatic carbocycles. The fourth-order valence-corrected chi connectivity index (χ4v) is 3.03. The maximum atomic E-state index is 12.2. The molecular formula is C21H15N3O7. The molecule has 3 rings (SSSR count). The van der Waals surface area contributed by atoms with E-state index in [1.807, 2.05) is 0 Å². The van der Waals surface area contributed by atoms with Gasteiger partial charge in [0, 0.05) is 12.7 Å². The molecule has 0 aliphatic heterocycles. The van der Waals surface area contributed by atoms with Gasteiger partial charge in [-0.2, -0.15) is 5.26 Å². The zero-order valence-corrected chi connectivity index (χ0v) is 16.1. The molecule has 0 bridgehead atoms. The van der Waals surface area contributed by atoms with Crippen LogP contribution in [0.25, 0.3) is 23.5 Å². The van der Waals surface area contributed by atoms with Crippen molar-refractivity contribution >= 4 is 23.8 Å². The second-order valence-electron chi connectivity index (χ2n) is 6.26. The van der Waals surface area contributed by atoms with Crippen LogP contribution in [0.5, 0.6) is 0 Å². The lowest BCUT2D eigenvalue weighted by atomic mass is 10.1. The van der Waals surface area contributed by atoms with Gasteiger partial charge < -0.3 is 19.2 Å². The van der Waals surface area contributed by atoms with Gasteiger partial charge in [-0.25, -0.2) is 4.79 Å². The second-order valence-corrected chi connectivity index (χ2v) is 6.26. The van der Waals surface area contributed by atoms with Crippen LogP contribution in [0.1, 0.15) is 32.9 Å². The number of benzene rings is 1. The van der Waals surface area contributed by atoms with E-state index in [2.05, 4.69) is 4.98 Å². The molecule has 3 aromatic rings. The molecule has 0 amide bonds. The lowest BCUT2D eigenvalue weighted by Gasteiger charge is -2.06. The maximum absolute atomic E-state index is 12.2. The van der Waals surface area contributed by atoms with Gasteiger partial charge in [-0.1, -0.05) is 18.2 Å². The van der Waals surface area contributed by atoms with Crippen molar-refractivity contribution in [2.24, 2.45) is 0 Å².